The Morgan fingerprint density at radius 1 is 1.40 bits per heavy atom. The van der Waals surface area contributed by atoms with Crippen LogP contribution in [-0.4, -0.2) is 27.4 Å². The Kier molecular flexibility index (Phi) is 1.90. The lowest BCUT2D eigenvalue weighted by Crippen LogP contribution is -2.30. The van der Waals surface area contributed by atoms with E-state index in [2.05, 4.69) is 48.4 Å². The van der Waals surface area contributed by atoms with E-state index in [9.17, 15) is 4.79 Å². The highest BCUT2D eigenvalue weighted by Gasteiger charge is 2.65. The van der Waals surface area contributed by atoms with Crippen LogP contribution in [0.1, 0.15) is 38.2 Å². The molecule has 0 atom stereocenters. The van der Waals surface area contributed by atoms with Gasteiger partial charge in [-0.1, -0.05) is 27.7 Å². The van der Waals surface area contributed by atoms with Crippen molar-refractivity contribution in [2.45, 2.75) is 33.7 Å². The lowest BCUT2D eigenvalue weighted by Gasteiger charge is -2.03. The predicted octanol–water partition coefficient (Wildman–Crippen LogP) is 0.969. The van der Waals surface area contributed by atoms with Crippen molar-refractivity contribution in [1.29, 1.82) is 0 Å². The highest BCUT2D eigenvalue weighted by molar-refractivity contribution is 5.92. The van der Waals surface area contributed by atoms with Crippen LogP contribution in [0.4, 0.5) is 0 Å². The summed E-state index contributed by atoms with van der Waals surface area (Å²) in [6, 6.07) is 0.203. The van der Waals surface area contributed by atoms with Crippen LogP contribution in [0, 0.1) is 10.8 Å². The first kappa shape index (κ1) is 10.1. The van der Waals surface area contributed by atoms with Gasteiger partial charge in [-0.3, -0.25) is 4.79 Å². The Labute approximate surface area is 88.6 Å². The fraction of sp³-hybridized carbons (Fsp3) is 0.700. The van der Waals surface area contributed by atoms with Crippen LogP contribution >= 0.6 is 0 Å². The number of aromatic nitrogens is 3. The van der Waals surface area contributed by atoms with Crippen LogP contribution < -0.4 is 5.32 Å². The summed E-state index contributed by atoms with van der Waals surface area (Å²) in [5.41, 5.74) is 0.632. The summed E-state index contributed by atoms with van der Waals surface area (Å²) in [5, 5.41) is 12.8. The first-order valence-corrected chi connectivity index (χ1v) is 5.04. The highest BCUT2D eigenvalue weighted by Crippen LogP contribution is 2.62. The van der Waals surface area contributed by atoms with Gasteiger partial charge in [-0.25, -0.2) is 0 Å². The van der Waals surface area contributed by atoms with E-state index in [4.69, 9.17) is 0 Å². The number of carbonyl (C=O) groups is 1. The fourth-order valence-corrected chi connectivity index (χ4v) is 2.07. The van der Waals surface area contributed by atoms with Crippen molar-refractivity contribution < 1.29 is 4.79 Å². The number of H-pyrrole nitrogens is 1. The topological polar surface area (TPSA) is 70.7 Å². The first-order valence-electron chi connectivity index (χ1n) is 5.04. The van der Waals surface area contributed by atoms with E-state index in [1.54, 1.807) is 0 Å². The molecule has 0 aliphatic heterocycles. The Morgan fingerprint density at radius 2 is 2.00 bits per heavy atom. The second-order valence-corrected chi connectivity index (χ2v) is 5.21. The Hall–Kier alpha value is -1.39. The third-order valence-corrected chi connectivity index (χ3v) is 3.94. The zero-order valence-electron chi connectivity index (χ0n) is 9.46. The van der Waals surface area contributed by atoms with Crippen LogP contribution in [0.15, 0.2) is 6.20 Å². The van der Waals surface area contributed by atoms with Gasteiger partial charge >= 0.3 is 0 Å². The molecule has 82 valence electrons. The molecule has 0 aromatic carbocycles. The van der Waals surface area contributed by atoms with E-state index in [1.807, 2.05) is 0 Å². The van der Waals surface area contributed by atoms with Crippen molar-refractivity contribution in [3.63, 3.8) is 0 Å². The zero-order chi connectivity index (χ0) is 11.3. The summed E-state index contributed by atoms with van der Waals surface area (Å²) in [5.74, 6) is -0.160. The number of rotatable bonds is 2. The zero-order valence-corrected chi connectivity index (χ0v) is 9.46. The van der Waals surface area contributed by atoms with Gasteiger partial charge in [-0.2, -0.15) is 15.4 Å². The molecule has 1 aromatic rings. The van der Waals surface area contributed by atoms with Crippen LogP contribution in [0.25, 0.3) is 0 Å². The van der Waals surface area contributed by atoms with Crippen molar-refractivity contribution in [1.82, 2.24) is 20.7 Å². The van der Waals surface area contributed by atoms with Gasteiger partial charge in [0.15, 0.2) is 5.69 Å². The molecule has 2 rings (SSSR count). The smallest absolute Gasteiger partial charge is 0.273 e. The van der Waals surface area contributed by atoms with Gasteiger partial charge in [0, 0.05) is 6.04 Å². The van der Waals surface area contributed by atoms with E-state index in [1.165, 1.54) is 6.20 Å². The van der Waals surface area contributed by atoms with Crippen molar-refractivity contribution >= 4 is 5.91 Å². The van der Waals surface area contributed by atoms with Crippen LogP contribution in [-0.2, 0) is 0 Å². The molecule has 15 heavy (non-hydrogen) atoms. The molecule has 0 spiro atoms. The van der Waals surface area contributed by atoms with Gasteiger partial charge in [0.2, 0.25) is 0 Å². The summed E-state index contributed by atoms with van der Waals surface area (Å²) in [6.07, 6.45) is 1.43. The van der Waals surface area contributed by atoms with Gasteiger partial charge in [0.25, 0.3) is 5.91 Å². The number of hydrogen-bond donors (Lipinski definition) is 2. The maximum absolute atomic E-state index is 11.7. The van der Waals surface area contributed by atoms with E-state index in [0.29, 0.717) is 5.69 Å². The predicted molar refractivity (Wildman–Crippen MR) is 55.2 cm³/mol. The van der Waals surface area contributed by atoms with Crippen molar-refractivity contribution in [2.75, 3.05) is 0 Å². The van der Waals surface area contributed by atoms with Gasteiger partial charge in [0.05, 0.1) is 6.20 Å². The lowest BCUT2D eigenvalue weighted by atomic mass is 10.0. The number of carbonyl (C=O) groups excluding carboxylic acids is 1. The average Bonchev–Trinajstić information content (AvgIpc) is 2.65. The Morgan fingerprint density at radius 3 is 2.40 bits per heavy atom. The molecule has 1 saturated carbocycles. The van der Waals surface area contributed by atoms with Gasteiger partial charge < -0.3 is 5.32 Å². The Bertz CT molecular complexity index is 366. The molecule has 1 amide bonds. The van der Waals surface area contributed by atoms with E-state index < -0.39 is 0 Å². The first-order chi connectivity index (χ1) is 6.87. The summed E-state index contributed by atoms with van der Waals surface area (Å²) < 4.78 is 0. The SMILES string of the molecule is CC1(C)C(NC(=O)c2cn[nH]n2)C1(C)C. The van der Waals surface area contributed by atoms with Gasteiger partial charge in [0.1, 0.15) is 0 Å². The Balaban J connectivity index is 2.04. The molecule has 1 aliphatic carbocycles. The minimum Gasteiger partial charge on any atom is -0.347 e. The molecule has 0 bridgehead atoms. The van der Waals surface area contributed by atoms with E-state index in [-0.39, 0.29) is 22.8 Å². The van der Waals surface area contributed by atoms with E-state index in [0.717, 1.165) is 0 Å². The molecule has 0 unspecified atom stereocenters. The number of amides is 1. The van der Waals surface area contributed by atoms with Gasteiger partial charge in [-0.05, 0) is 10.8 Å². The quantitative estimate of drug-likeness (QED) is 0.760. The lowest BCUT2D eigenvalue weighted by molar-refractivity contribution is 0.0938. The number of hydrogen-bond acceptors (Lipinski definition) is 3. The molecule has 1 heterocycles. The molecule has 5 nitrogen and oxygen atoms in total. The molecule has 1 aliphatic rings. The van der Waals surface area contributed by atoms with E-state index >= 15 is 0 Å². The maximum atomic E-state index is 11.7. The van der Waals surface area contributed by atoms with Crippen molar-refractivity contribution in [3.05, 3.63) is 11.9 Å². The molecule has 1 fully saturated rings. The second kappa shape index (κ2) is 2.81. The maximum Gasteiger partial charge on any atom is 0.273 e. The second-order valence-electron chi connectivity index (χ2n) is 5.21. The average molecular weight is 208 g/mol. The minimum atomic E-state index is -0.160. The minimum absolute atomic E-state index is 0.145. The molecule has 0 saturated heterocycles. The molecule has 0 radical (unpaired) electrons. The fourth-order valence-electron chi connectivity index (χ4n) is 2.07. The summed E-state index contributed by atoms with van der Waals surface area (Å²) in [6.45, 7) is 8.61. The molecular formula is C10H16N4O. The van der Waals surface area contributed by atoms with Crippen LogP contribution in [0.3, 0.4) is 0 Å². The number of aromatic amines is 1. The third-order valence-electron chi connectivity index (χ3n) is 3.94. The summed E-state index contributed by atoms with van der Waals surface area (Å²) in [7, 11) is 0. The standard InChI is InChI=1S/C10H16N4O/c1-9(2)8(10(9,3)4)12-7(15)6-5-11-14-13-6/h5,8H,1-4H3,(H,12,15)(H,11,13,14). The van der Waals surface area contributed by atoms with Crippen LogP contribution in [0.2, 0.25) is 0 Å². The number of nitrogens with zero attached hydrogens (tertiary/aromatic N) is 2. The number of nitrogens with one attached hydrogen (secondary N) is 2. The normalized spacial score (nSPS) is 22.4. The molecule has 1 aromatic heterocycles. The van der Waals surface area contributed by atoms with Gasteiger partial charge in [-0.15, -0.1) is 0 Å². The third kappa shape index (κ3) is 1.33. The van der Waals surface area contributed by atoms with Crippen LogP contribution in [0.5, 0.6) is 0 Å². The summed E-state index contributed by atoms with van der Waals surface area (Å²) >= 11 is 0. The van der Waals surface area contributed by atoms with Crippen molar-refractivity contribution in [2.24, 2.45) is 10.8 Å². The summed E-state index contributed by atoms with van der Waals surface area (Å²) in [4.78, 5) is 11.7. The largest absolute Gasteiger partial charge is 0.347 e. The molecule has 2 N–H and O–H groups in total. The van der Waals surface area contributed by atoms with Crippen molar-refractivity contribution in [3.8, 4) is 0 Å². The molecule has 5 heteroatoms. The molecular weight excluding hydrogens is 192 g/mol. The monoisotopic (exact) mass is 208 g/mol. The highest BCUT2D eigenvalue weighted by atomic mass is 16.2.